The van der Waals surface area contributed by atoms with Gasteiger partial charge in [0.15, 0.2) is 0 Å². The minimum atomic E-state index is -0.189. The van der Waals surface area contributed by atoms with Crippen molar-refractivity contribution in [3.63, 3.8) is 0 Å². The summed E-state index contributed by atoms with van der Waals surface area (Å²) >= 11 is 3.41. The molecule has 0 aromatic heterocycles. The van der Waals surface area contributed by atoms with Crippen molar-refractivity contribution < 1.29 is 14.4 Å². The molecule has 0 saturated heterocycles. The van der Waals surface area contributed by atoms with E-state index in [4.69, 9.17) is 9.57 Å². The summed E-state index contributed by atoms with van der Waals surface area (Å²) in [5.41, 5.74) is 4.60. The number of unbranched alkanes of at least 4 members (excludes halogenated alkanes) is 1. The topological polar surface area (TPSA) is 47.6 Å². The molecule has 0 aliphatic carbocycles. The molecule has 4 nitrogen and oxygen atoms in total. The number of carbonyl (C=O) groups excluding carboxylic acids is 1. The van der Waals surface area contributed by atoms with E-state index in [2.05, 4.69) is 21.4 Å². The van der Waals surface area contributed by atoms with E-state index in [0.29, 0.717) is 6.61 Å². The molecule has 0 bridgehead atoms. The smallest absolute Gasteiger partial charge is 0.313 e. The Hall–Kier alpha value is -1.07. The zero-order valence-corrected chi connectivity index (χ0v) is 13.6. The van der Waals surface area contributed by atoms with Gasteiger partial charge in [0.2, 0.25) is 0 Å². The average Bonchev–Trinajstić information content (AvgIpc) is 2.45. The second-order valence-electron chi connectivity index (χ2n) is 4.42. The molecule has 1 N–H and O–H groups in total. The zero-order chi connectivity index (χ0) is 14.8. The maximum atomic E-state index is 12.1. The quantitative estimate of drug-likeness (QED) is 0.320. The highest BCUT2D eigenvalue weighted by Gasteiger charge is 2.21. The number of anilines is 1. The number of nitrogens with one attached hydrogen (secondary N) is 1. The number of alkyl halides is 1. The van der Waals surface area contributed by atoms with Crippen LogP contribution in [0.2, 0.25) is 0 Å². The molecule has 0 fully saturated rings. The first-order valence-electron chi connectivity index (χ1n) is 6.84. The number of halogens is 1. The monoisotopic (exact) mass is 343 g/mol. The molecular weight excluding hydrogens is 322 g/mol. The van der Waals surface area contributed by atoms with Gasteiger partial charge in [0.1, 0.15) is 0 Å². The summed E-state index contributed by atoms with van der Waals surface area (Å²) in [4.78, 5) is 16.9. The Labute approximate surface area is 128 Å². The van der Waals surface area contributed by atoms with E-state index in [0.717, 1.165) is 35.8 Å². The van der Waals surface area contributed by atoms with E-state index in [9.17, 15) is 4.79 Å². The average molecular weight is 344 g/mol. The van der Waals surface area contributed by atoms with Crippen LogP contribution in [0, 0.1) is 0 Å². The van der Waals surface area contributed by atoms with Crippen molar-refractivity contribution in [1.29, 1.82) is 0 Å². The van der Waals surface area contributed by atoms with Crippen LogP contribution >= 0.6 is 15.9 Å². The van der Waals surface area contributed by atoms with Gasteiger partial charge in [-0.3, -0.25) is 15.1 Å². The molecule has 112 valence electrons. The summed E-state index contributed by atoms with van der Waals surface area (Å²) in [7, 11) is 1.57. The van der Waals surface area contributed by atoms with Crippen LogP contribution in [0.5, 0.6) is 0 Å². The van der Waals surface area contributed by atoms with Gasteiger partial charge in [0.05, 0.1) is 25.3 Å². The third-order valence-corrected chi connectivity index (χ3v) is 3.54. The van der Waals surface area contributed by atoms with Crippen LogP contribution < -0.4 is 5.48 Å². The highest BCUT2D eigenvalue weighted by molar-refractivity contribution is 9.09. The summed E-state index contributed by atoms with van der Waals surface area (Å²) in [5, 5.41) is 0.958. The van der Waals surface area contributed by atoms with Gasteiger partial charge in [0.25, 0.3) is 0 Å². The minimum absolute atomic E-state index is 0.144. The summed E-state index contributed by atoms with van der Waals surface area (Å²) in [5.74, 6) is -0.333. The molecular formula is C15H22BrNO3. The molecule has 0 aliphatic rings. The predicted molar refractivity (Wildman–Crippen MR) is 84.1 cm³/mol. The standard InChI is InChI=1S/C15H22BrNO3/c1-3-20-15(18)14(6-4-5-11-16)12-7-9-13(10-8-12)17-19-2/h7-10,14,17H,3-6,11H2,1-2H3. The second-order valence-corrected chi connectivity index (χ2v) is 5.21. The lowest BCUT2D eigenvalue weighted by molar-refractivity contribution is -0.145. The number of hydrogen-bond acceptors (Lipinski definition) is 4. The highest BCUT2D eigenvalue weighted by atomic mass is 79.9. The fourth-order valence-corrected chi connectivity index (χ4v) is 2.40. The van der Waals surface area contributed by atoms with Gasteiger partial charge in [-0.15, -0.1) is 0 Å². The van der Waals surface area contributed by atoms with Crippen LogP contribution in [-0.4, -0.2) is 25.0 Å². The van der Waals surface area contributed by atoms with E-state index < -0.39 is 0 Å². The Bertz CT molecular complexity index is 395. The summed E-state index contributed by atoms with van der Waals surface area (Å²) in [6.07, 6.45) is 2.85. The van der Waals surface area contributed by atoms with Crippen molar-refractivity contribution in [1.82, 2.24) is 0 Å². The van der Waals surface area contributed by atoms with Gasteiger partial charge in [-0.25, -0.2) is 0 Å². The second kappa shape index (κ2) is 9.77. The maximum Gasteiger partial charge on any atom is 0.313 e. The lowest BCUT2D eigenvalue weighted by atomic mass is 9.93. The molecule has 1 aromatic rings. The lowest BCUT2D eigenvalue weighted by Crippen LogP contribution is -2.16. The van der Waals surface area contributed by atoms with Gasteiger partial charge in [0, 0.05) is 5.33 Å². The van der Waals surface area contributed by atoms with Crippen LogP contribution in [0.4, 0.5) is 5.69 Å². The first kappa shape index (κ1) is 17.0. The Morgan fingerprint density at radius 3 is 2.55 bits per heavy atom. The van der Waals surface area contributed by atoms with E-state index >= 15 is 0 Å². The molecule has 1 atom stereocenters. The van der Waals surface area contributed by atoms with Crippen LogP contribution in [0.25, 0.3) is 0 Å². The van der Waals surface area contributed by atoms with E-state index in [1.807, 2.05) is 31.2 Å². The molecule has 1 unspecified atom stereocenters. The molecule has 0 aliphatic heterocycles. The third kappa shape index (κ3) is 5.51. The summed E-state index contributed by atoms with van der Waals surface area (Å²) in [6, 6.07) is 7.68. The van der Waals surface area contributed by atoms with Crippen LogP contribution in [0.1, 0.15) is 37.7 Å². The lowest BCUT2D eigenvalue weighted by Gasteiger charge is -2.16. The number of rotatable bonds is 9. The van der Waals surface area contributed by atoms with Crippen LogP contribution in [0.15, 0.2) is 24.3 Å². The first-order valence-corrected chi connectivity index (χ1v) is 7.96. The Kier molecular flexibility index (Phi) is 8.30. The fraction of sp³-hybridized carbons (Fsp3) is 0.533. The van der Waals surface area contributed by atoms with Crippen molar-refractivity contribution in [2.24, 2.45) is 0 Å². The number of benzene rings is 1. The molecule has 1 aromatic carbocycles. The van der Waals surface area contributed by atoms with E-state index in [-0.39, 0.29) is 11.9 Å². The molecule has 0 radical (unpaired) electrons. The minimum Gasteiger partial charge on any atom is -0.466 e. The van der Waals surface area contributed by atoms with Gasteiger partial charge in [-0.05, 0) is 37.5 Å². The largest absolute Gasteiger partial charge is 0.466 e. The molecule has 0 amide bonds. The van der Waals surface area contributed by atoms with Crippen LogP contribution in [-0.2, 0) is 14.4 Å². The predicted octanol–water partition coefficient (Wildman–Crippen LogP) is 3.87. The SMILES string of the molecule is CCOC(=O)C(CCCCBr)c1ccc(NOC)cc1. The van der Waals surface area contributed by atoms with E-state index in [1.54, 1.807) is 7.11 Å². The van der Waals surface area contributed by atoms with Gasteiger partial charge in [-0.2, -0.15) is 0 Å². The molecule has 5 heteroatoms. The van der Waals surface area contributed by atoms with Crippen molar-refractivity contribution in [2.45, 2.75) is 32.1 Å². The number of ether oxygens (including phenoxy) is 1. The van der Waals surface area contributed by atoms with Crippen molar-refractivity contribution >= 4 is 27.6 Å². The number of hydrogen-bond donors (Lipinski definition) is 1. The first-order chi connectivity index (χ1) is 9.72. The number of carbonyl (C=O) groups is 1. The molecule has 0 spiro atoms. The van der Waals surface area contributed by atoms with Crippen LogP contribution in [0.3, 0.4) is 0 Å². The molecule has 20 heavy (non-hydrogen) atoms. The number of esters is 1. The summed E-state index contributed by atoms with van der Waals surface area (Å²) in [6.45, 7) is 2.25. The van der Waals surface area contributed by atoms with Crippen molar-refractivity contribution in [3.8, 4) is 0 Å². The fourth-order valence-electron chi connectivity index (χ4n) is 2.01. The highest BCUT2D eigenvalue weighted by Crippen LogP contribution is 2.25. The van der Waals surface area contributed by atoms with Gasteiger partial charge in [-0.1, -0.05) is 34.5 Å². The molecule has 1 rings (SSSR count). The zero-order valence-electron chi connectivity index (χ0n) is 12.0. The third-order valence-electron chi connectivity index (χ3n) is 2.98. The van der Waals surface area contributed by atoms with E-state index in [1.165, 1.54) is 0 Å². The van der Waals surface area contributed by atoms with Crippen molar-refractivity contribution in [2.75, 3.05) is 24.5 Å². The summed E-state index contributed by atoms with van der Waals surface area (Å²) < 4.78 is 5.18. The van der Waals surface area contributed by atoms with Gasteiger partial charge >= 0.3 is 5.97 Å². The van der Waals surface area contributed by atoms with Crippen molar-refractivity contribution in [3.05, 3.63) is 29.8 Å². The molecule has 0 heterocycles. The Morgan fingerprint density at radius 1 is 1.30 bits per heavy atom. The Morgan fingerprint density at radius 2 is 2.00 bits per heavy atom. The maximum absolute atomic E-state index is 12.1. The molecule has 0 saturated carbocycles. The Balaban J connectivity index is 2.76. The normalized spacial score (nSPS) is 11.9. The van der Waals surface area contributed by atoms with Gasteiger partial charge < -0.3 is 4.74 Å².